The van der Waals surface area contributed by atoms with Crippen molar-refractivity contribution < 1.29 is 15.0 Å². The topological polar surface area (TPSA) is 57.5 Å². The van der Waals surface area contributed by atoms with Gasteiger partial charge in [0.1, 0.15) is 0 Å². The molecular weight excluding hydrogens is 144 g/mol. The van der Waals surface area contributed by atoms with Gasteiger partial charge in [0.2, 0.25) is 0 Å². The van der Waals surface area contributed by atoms with Gasteiger partial charge in [-0.05, 0) is 6.42 Å². The minimum atomic E-state index is -0.818. The van der Waals surface area contributed by atoms with Gasteiger partial charge in [-0.25, -0.2) is 0 Å². The van der Waals surface area contributed by atoms with Crippen molar-refractivity contribution in [2.45, 2.75) is 25.7 Å². The highest BCUT2D eigenvalue weighted by atomic mass is 16.4. The Labute approximate surface area is 66.0 Å². The van der Waals surface area contributed by atoms with Gasteiger partial charge in [0.15, 0.2) is 0 Å². The number of aliphatic hydroxyl groups is 1. The smallest absolute Gasteiger partial charge is 0.304 e. The van der Waals surface area contributed by atoms with E-state index in [1.165, 1.54) is 0 Å². The molecule has 0 aliphatic carbocycles. The minimum absolute atomic E-state index is 0.103. The van der Waals surface area contributed by atoms with Gasteiger partial charge in [0, 0.05) is 19.4 Å². The van der Waals surface area contributed by atoms with Crippen LogP contribution in [0, 0.1) is 11.8 Å². The zero-order valence-electron chi connectivity index (χ0n) is 6.34. The van der Waals surface area contributed by atoms with Crippen LogP contribution < -0.4 is 0 Å². The average molecular weight is 156 g/mol. The van der Waals surface area contributed by atoms with E-state index in [0.717, 1.165) is 0 Å². The highest BCUT2D eigenvalue weighted by molar-refractivity contribution is 5.66. The quantitative estimate of drug-likeness (QED) is 0.463. The molecule has 0 rings (SSSR count). The molecule has 0 radical (unpaired) electrons. The summed E-state index contributed by atoms with van der Waals surface area (Å²) in [6.07, 6.45) is 1.82. The lowest BCUT2D eigenvalue weighted by Gasteiger charge is -1.85. The van der Waals surface area contributed by atoms with Crippen LogP contribution in [0.2, 0.25) is 0 Å². The third-order valence-corrected chi connectivity index (χ3v) is 1.05. The summed E-state index contributed by atoms with van der Waals surface area (Å²) in [4.78, 5) is 9.98. The fraction of sp³-hybridized carbons (Fsp3) is 0.625. The number of carboxylic acids is 1. The van der Waals surface area contributed by atoms with Gasteiger partial charge in [0.25, 0.3) is 0 Å². The van der Waals surface area contributed by atoms with Gasteiger partial charge in [-0.2, -0.15) is 0 Å². The maximum Gasteiger partial charge on any atom is 0.304 e. The molecule has 0 fully saturated rings. The number of aliphatic hydroxyl groups excluding tert-OH is 1. The van der Waals surface area contributed by atoms with Gasteiger partial charge < -0.3 is 10.2 Å². The van der Waals surface area contributed by atoms with Gasteiger partial charge in [0.05, 0.1) is 6.42 Å². The first-order chi connectivity index (χ1) is 5.27. The standard InChI is InChI=1S/C8H12O3/c9-7-5-3-1-2-4-6-8(10)11/h9H,3-7H2,(H,10,11). The van der Waals surface area contributed by atoms with E-state index in [-0.39, 0.29) is 13.0 Å². The third kappa shape index (κ3) is 8.99. The monoisotopic (exact) mass is 156 g/mol. The van der Waals surface area contributed by atoms with Crippen LogP contribution in [0.4, 0.5) is 0 Å². The molecule has 11 heavy (non-hydrogen) atoms. The fourth-order valence-corrected chi connectivity index (χ4v) is 0.514. The third-order valence-electron chi connectivity index (χ3n) is 1.05. The van der Waals surface area contributed by atoms with Crippen LogP contribution in [0.1, 0.15) is 25.7 Å². The lowest BCUT2D eigenvalue weighted by molar-refractivity contribution is -0.136. The first-order valence-electron chi connectivity index (χ1n) is 3.55. The van der Waals surface area contributed by atoms with Crippen LogP contribution in [0.25, 0.3) is 0 Å². The van der Waals surface area contributed by atoms with E-state index in [0.29, 0.717) is 19.3 Å². The SMILES string of the molecule is O=C(O)CCC#CCCCO. The average Bonchev–Trinajstić information content (AvgIpc) is 1.96. The van der Waals surface area contributed by atoms with E-state index in [1.54, 1.807) is 0 Å². The largest absolute Gasteiger partial charge is 0.481 e. The Balaban J connectivity index is 3.19. The molecule has 0 aromatic carbocycles. The van der Waals surface area contributed by atoms with E-state index in [2.05, 4.69) is 11.8 Å². The number of aliphatic carboxylic acids is 1. The van der Waals surface area contributed by atoms with Crippen molar-refractivity contribution in [1.82, 2.24) is 0 Å². The van der Waals surface area contributed by atoms with Crippen molar-refractivity contribution in [2.24, 2.45) is 0 Å². The molecule has 0 aromatic heterocycles. The maximum atomic E-state index is 9.98. The van der Waals surface area contributed by atoms with E-state index in [4.69, 9.17) is 10.2 Å². The molecule has 0 spiro atoms. The van der Waals surface area contributed by atoms with Crippen molar-refractivity contribution in [3.05, 3.63) is 0 Å². The molecule has 0 unspecified atom stereocenters. The number of unbranched alkanes of at least 4 members (excludes halogenated alkanes) is 1. The number of carboxylic acid groups (broad SMARTS) is 1. The molecule has 3 nitrogen and oxygen atoms in total. The van der Waals surface area contributed by atoms with Gasteiger partial charge in [-0.3, -0.25) is 4.79 Å². The predicted octanol–water partition coefficient (Wildman–Crippen LogP) is 0.627. The van der Waals surface area contributed by atoms with E-state index < -0.39 is 5.97 Å². The summed E-state index contributed by atoms with van der Waals surface area (Å²) in [5.41, 5.74) is 0. The zero-order chi connectivity index (χ0) is 8.53. The number of rotatable bonds is 4. The molecule has 0 saturated carbocycles. The Kier molecular flexibility index (Phi) is 6.45. The molecule has 0 saturated heterocycles. The summed E-state index contributed by atoms with van der Waals surface area (Å²) in [5, 5.41) is 16.6. The van der Waals surface area contributed by atoms with Crippen molar-refractivity contribution in [2.75, 3.05) is 6.61 Å². The van der Waals surface area contributed by atoms with Crippen LogP contribution in [0.5, 0.6) is 0 Å². The second kappa shape index (κ2) is 7.10. The summed E-state index contributed by atoms with van der Waals surface area (Å²) in [6.45, 7) is 0.146. The van der Waals surface area contributed by atoms with Gasteiger partial charge in [-0.15, -0.1) is 11.8 Å². The molecule has 0 amide bonds. The molecule has 0 aliphatic heterocycles. The van der Waals surface area contributed by atoms with Crippen molar-refractivity contribution in [3.8, 4) is 11.8 Å². The Morgan fingerprint density at radius 3 is 2.45 bits per heavy atom. The maximum absolute atomic E-state index is 9.98. The lowest BCUT2D eigenvalue weighted by atomic mass is 10.3. The number of carbonyl (C=O) groups is 1. The second-order valence-corrected chi connectivity index (χ2v) is 2.07. The van der Waals surface area contributed by atoms with Crippen LogP contribution >= 0.6 is 0 Å². The van der Waals surface area contributed by atoms with E-state index in [9.17, 15) is 4.79 Å². The summed E-state index contributed by atoms with van der Waals surface area (Å²) in [6, 6.07) is 0. The second-order valence-electron chi connectivity index (χ2n) is 2.07. The number of hydrogen-bond acceptors (Lipinski definition) is 2. The predicted molar refractivity (Wildman–Crippen MR) is 41.0 cm³/mol. The summed E-state index contributed by atoms with van der Waals surface area (Å²) < 4.78 is 0. The highest BCUT2D eigenvalue weighted by Gasteiger charge is 1.90. The first-order valence-corrected chi connectivity index (χ1v) is 3.55. The van der Waals surface area contributed by atoms with Crippen molar-refractivity contribution >= 4 is 5.97 Å². The summed E-state index contributed by atoms with van der Waals surface area (Å²) in [7, 11) is 0. The zero-order valence-corrected chi connectivity index (χ0v) is 6.34. The Morgan fingerprint density at radius 1 is 1.27 bits per heavy atom. The molecular formula is C8H12O3. The summed E-state index contributed by atoms with van der Waals surface area (Å²) >= 11 is 0. The molecule has 0 aromatic rings. The minimum Gasteiger partial charge on any atom is -0.481 e. The Morgan fingerprint density at radius 2 is 1.91 bits per heavy atom. The van der Waals surface area contributed by atoms with Crippen LogP contribution in [-0.2, 0) is 4.79 Å². The molecule has 62 valence electrons. The molecule has 0 aliphatic rings. The molecule has 3 heteroatoms. The molecule has 0 bridgehead atoms. The highest BCUT2D eigenvalue weighted by Crippen LogP contribution is 1.87. The summed E-state index contributed by atoms with van der Waals surface area (Å²) in [5.74, 6) is 4.66. The van der Waals surface area contributed by atoms with Gasteiger partial charge in [-0.1, -0.05) is 0 Å². The molecule has 0 atom stereocenters. The van der Waals surface area contributed by atoms with Crippen molar-refractivity contribution in [3.63, 3.8) is 0 Å². The van der Waals surface area contributed by atoms with Crippen LogP contribution in [0.3, 0.4) is 0 Å². The van der Waals surface area contributed by atoms with Crippen molar-refractivity contribution in [1.29, 1.82) is 0 Å². The first kappa shape index (κ1) is 9.99. The Bertz CT molecular complexity index is 164. The van der Waals surface area contributed by atoms with E-state index >= 15 is 0 Å². The van der Waals surface area contributed by atoms with Crippen LogP contribution in [-0.4, -0.2) is 22.8 Å². The van der Waals surface area contributed by atoms with Crippen LogP contribution in [0.15, 0.2) is 0 Å². The number of hydrogen-bond donors (Lipinski definition) is 2. The Hall–Kier alpha value is -1.01. The molecule has 2 N–H and O–H groups in total. The molecule has 0 heterocycles. The lowest BCUT2D eigenvalue weighted by Crippen LogP contribution is -1.91. The fourth-order valence-electron chi connectivity index (χ4n) is 0.514. The normalized spacial score (nSPS) is 8.45. The van der Waals surface area contributed by atoms with Gasteiger partial charge >= 0.3 is 5.97 Å². The van der Waals surface area contributed by atoms with E-state index in [1.807, 2.05) is 0 Å².